The zero-order valence-corrected chi connectivity index (χ0v) is 14.1. The molecule has 0 atom stereocenters. The Kier molecular flexibility index (Phi) is 5.16. The van der Waals surface area contributed by atoms with Crippen LogP contribution in [0.5, 0.6) is 0 Å². The molecule has 5 heteroatoms. The summed E-state index contributed by atoms with van der Waals surface area (Å²) in [4.78, 5) is 16.6. The highest BCUT2D eigenvalue weighted by Gasteiger charge is 2.12. The van der Waals surface area contributed by atoms with E-state index >= 15 is 0 Å². The van der Waals surface area contributed by atoms with Crippen LogP contribution in [0.3, 0.4) is 0 Å². The van der Waals surface area contributed by atoms with Gasteiger partial charge in [0.2, 0.25) is 0 Å². The van der Waals surface area contributed by atoms with E-state index in [-0.39, 0.29) is 11.5 Å². The predicted octanol–water partition coefficient (Wildman–Crippen LogP) is 4.31. The van der Waals surface area contributed by atoms with E-state index < -0.39 is 0 Å². The van der Waals surface area contributed by atoms with Gasteiger partial charge < -0.3 is 0 Å². The van der Waals surface area contributed by atoms with E-state index in [4.69, 9.17) is 0 Å². The Hall–Kier alpha value is -1.64. The number of hydrogen-bond donors (Lipinski definition) is 0. The van der Waals surface area contributed by atoms with E-state index in [9.17, 15) is 10.1 Å². The second-order valence-corrected chi connectivity index (χ2v) is 6.47. The second kappa shape index (κ2) is 6.88. The maximum atomic E-state index is 12.2. The average Bonchev–Trinajstić information content (AvgIpc) is 2.44. The highest BCUT2D eigenvalue weighted by atomic mass is 79.9. The fourth-order valence-electron chi connectivity index (χ4n) is 1.92. The lowest BCUT2D eigenvalue weighted by Crippen LogP contribution is -2.04. The standard InChI is InChI=1S/C16H13BrN2OS/c1-10-6-11(2)19-16(14(10)8-18)21-9-15(20)12-4-3-5-13(17)7-12/h3-7H,9H2,1-2H3. The summed E-state index contributed by atoms with van der Waals surface area (Å²) in [6, 6.07) is 11.3. The Morgan fingerprint density at radius 3 is 2.81 bits per heavy atom. The monoisotopic (exact) mass is 360 g/mol. The number of Topliss-reactive ketones (excluding diaryl/α,β-unsaturated/α-hetero) is 1. The molecule has 0 aliphatic carbocycles. The molecule has 0 N–H and O–H groups in total. The second-order valence-electron chi connectivity index (χ2n) is 4.59. The highest BCUT2D eigenvalue weighted by molar-refractivity contribution is 9.10. The maximum Gasteiger partial charge on any atom is 0.173 e. The number of nitrogens with zero attached hydrogens (tertiary/aromatic N) is 2. The zero-order chi connectivity index (χ0) is 15.4. The van der Waals surface area contributed by atoms with E-state index in [2.05, 4.69) is 27.0 Å². The van der Waals surface area contributed by atoms with Gasteiger partial charge in [0.1, 0.15) is 11.1 Å². The number of halogens is 1. The third-order valence-corrected chi connectivity index (χ3v) is 4.38. The fraction of sp³-hybridized carbons (Fsp3) is 0.188. The van der Waals surface area contributed by atoms with Crippen LogP contribution in [0.25, 0.3) is 0 Å². The van der Waals surface area contributed by atoms with E-state index in [0.29, 0.717) is 16.2 Å². The number of thioether (sulfide) groups is 1. The molecule has 2 rings (SSSR count). The number of carbonyl (C=O) groups is 1. The smallest absolute Gasteiger partial charge is 0.173 e. The van der Waals surface area contributed by atoms with Crippen molar-refractivity contribution in [2.24, 2.45) is 0 Å². The molecule has 0 radical (unpaired) electrons. The van der Waals surface area contributed by atoms with E-state index in [1.54, 1.807) is 12.1 Å². The lowest BCUT2D eigenvalue weighted by atomic mass is 10.1. The molecule has 0 spiro atoms. The van der Waals surface area contributed by atoms with Gasteiger partial charge in [-0.15, -0.1) is 0 Å². The summed E-state index contributed by atoms with van der Waals surface area (Å²) in [6.07, 6.45) is 0. The van der Waals surface area contributed by atoms with Crippen LogP contribution in [0.2, 0.25) is 0 Å². The molecule has 1 aromatic heterocycles. The quantitative estimate of drug-likeness (QED) is 0.602. The third-order valence-electron chi connectivity index (χ3n) is 2.91. The Labute approximate surface area is 136 Å². The van der Waals surface area contributed by atoms with Crippen LogP contribution in [0.1, 0.15) is 27.2 Å². The summed E-state index contributed by atoms with van der Waals surface area (Å²) in [7, 11) is 0. The number of rotatable bonds is 4. The van der Waals surface area contributed by atoms with Crippen molar-refractivity contribution in [1.82, 2.24) is 4.98 Å². The Morgan fingerprint density at radius 1 is 1.38 bits per heavy atom. The van der Waals surface area contributed by atoms with Crippen molar-refractivity contribution >= 4 is 33.5 Å². The topological polar surface area (TPSA) is 53.8 Å². The molecule has 21 heavy (non-hydrogen) atoms. The predicted molar refractivity (Wildman–Crippen MR) is 87.6 cm³/mol. The number of aryl methyl sites for hydroxylation is 2. The molecular weight excluding hydrogens is 348 g/mol. The van der Waals surface area contributed by atoms with Crippen molar-refractivity contribution in [3.8, 4) is 6.07 Å². The fourth-order valence-corrected chi connectivity index (χ4v) is 3.32. The number of nitriles is 1. The summed E-state index contributed by atoms with van der Waals surface area (Å²) < 4.78 is 0.876. The molecule has 3 nitrogen and oxygen atoms in total. The molecular formula is C16H13BrN2OS. The summed E-state index contributed by atoms with van der Waals surface area (Å²) in [6.45, 7) is 3.77. The van der Waals surface area contributed by atoms with Crippen LogP contribution in [-0.2, 0) is 0 Å². The van der Waals surface area contributed by atoms with Crippen LogP contribution in [0, 0.1) is 25.2 Å². The molecule has 1 heterocycles. The van der Waals surface area contributed by atoms with Gasteiger partial charge in [-0.1, -0.05) is 39.8 Å². The number of carbonyl (C=O) groups excluding carboxylic acids is 1. The Bertz CT molecular complexity index is 738. The van der Waals surface area contributed by atoms with Gasteiger partial charge in [0.15, 0.2) is 5.78 Å². The molecule has 0 saturated carbocycles. The summed E-state index contributed by atoms with van der Waals surface area (Å²) in [5.74, 6) is 0.284. The van der Waals surface area contributed by atoms with Gasteiger partial charge in [0.25, 0.3) is 0 Å². The van der Waals surface area contributed by atoms with Crippen LogP contribution in [-0.4, -0.2) is 16.5 Å². The first-order valence-corrected chi connectivity index (χ1v) is 8.09. The first-order chi connectivity index (χ1) is 10.0. The normalized spacial score (nSPS) is 10.2. The molecule has 106 valence electrons. The van der Waals surface area contributed by atoms with Crippen LogP contribution < -0.4 is 0 Å². The average molecular weight is 361 g/mol. The molecule has 2 aromatic rings. The summed E-state index contributed by atoms with van der Waals surface area (Å²) in [5, 5.41) is 9.84. The van der Waals surface area contributed by atoms with Crippen molar-refractivity contribution in [2.75, 3.05) is 5.75 Å². The number of hydrogen-bond acceptors (Lipinski definition) is 4. The number of aromatic nitrogens is 1. The van der Waals surface area contributed by atoms with Crippen molar-refractivity contribution < 1.29 is 4.79 Å². The van der Waals surface area contributed by atoms with E-state index in [0.717, 1.165) is 15.7 Å². The lowest BCUT2D eigenvalue weighted by molar-refractivity contribution is 0.102. The van der Waals surface area contributed by atoms with Gasteiger partial charge in [-0.25, -0.2) is 4.98 Å². The first-order valence-electron chi connectivity index (χ1n) is 6.31. The Balaban J connectivity index is 2.17. The molecule has 0 amide bonds. The van der Waals surface area contributed by atoms with Gasteiger partial charge in [-0.3, -0.25) is 4.79 Å². The maximum absolute atomic E-state index is 12.2. The number of benzene rings is 1. The van der Waals surface area contributed by atoms with Gasteiger partial charge in [0, 0.05) is 15.7 Å². The largest absolute Gasteiger partial charge is 0.293 e. The zero-order valence-electron chi connectivity index (χ0n) is 11.7. The third kappa shape index (κ3) is 3.93. The minimum atomic E-state index is 0.0196. The van der Waals surface area contributed by atoms with Crippen molar-refractivity contribution in [2.45, 2.75) is 18.9 Å². The SMILES string of the molecule is Cc1cc(C)c(C#N)c(SCC(=O)c2cccc(Br)c2)n1. The van der Waals surface area contributed by atoms with Crippen molar-refractivity contribution in [3.63, 3.8) is 0 Å². The molecule has 0 aliphatic heterocycles. The van der Waals surface area contributed by atoms with Crippen LogP contribution in [0.4, 0.5) is 0 Å². The number of pyridine rings is 1. The molecule has 1 aromatic carbocycles. The molecule has 0 aliphatic rings. The molecule has 0 fully saturated rings. The molecule has 0 unspecified atom stereocenters. The lowest BCUT2D eigenvalue weighted by Gasteiger charge is -2.07. The minimum absolute atomic E-state index is 0.0196. The highest BCUT2D eigenvalue weighted by Crippen LogP contribution is 2.24. The van der Waals surface area contributed by atoms with E-state index in [1.807, 2.05) is 32.0 Å². The van der Waals surface area contributed by atoms with Crippen LogP contribution in [0.15, 0.2) is 39.8 Å². The van der Waals surface area contributed by atoms with Crippen molar-refractivity contribution in [3.05, 3.63) is 57.2 Å². The van der Waals surface area contributed by atoms with E-state index in [1.165, 1.54) is 11.8 Å². The molecule has 0 bridgehead atoms. The van der Waals surface area contributed by atoms with Gasteiger partial charge in [0.05, 0.1) is 11.3 Å². The van der Waals surface area contributed by atoms with Gasteiger partial charge >= 0.3 is 0 Å². The number of ketones is 1. The summed E-state index contributed by atoms with van der Waals surface area (Å²) >= 11 is 4.66. The van der Waals surface area contributed by atoms with Crippen molar-refractivity contribution in [1.29, 1.82) is 5.26 Å². The summed E-state index contributed by atoms with van der Waals surface area (Å²) in [5.41, 5.74) is 2.94. The molecule has 0 saturated heterocycles. The van der Waals surface area contributed by atoms with Gasteiger partial charge in [-0.05, 0) is 37.6 Å². The Morgan fingerprint density at radius 2 is 2.14 bits per heavy atom. The van der Waals surface area contributed by atoms with Crippen LogP contribution >= 0.6 is 27.7 Å². The van der Waals surface area contributed by atoms with Gasteiger partial charge in [-0.2, -0.15) is 5.26 Å². The minimum Gasteiger partial charge on any atom is -0.293 e. The first kappa shape index (κ1) is 15.7.